The van der Waals surface area contributed by atoms with Gasteiger partial charge in [-0.2, -0.15) is 0 Å². The quantitative estimate of drug-likeness (QED) is 0.489. The first-order chi connectivity index (χ1) is 14.5. The molecule has 0 bridgehead atoms. The molecule has 1 fully saturated rings. The molecule has 3 aromatic rings. The van der Waals surface area contributed by atoms with Gasteiger partial charge >= 0.3 is 0 Å². The monoisotopic (exact) mass is 443 g/mol. The number of carbonyl (C=O) groups excluding carboxylic acids is 1. The number of benzene rings is 2. The van der Waals surface area contributed by atoms with Gasteiger partial charge in [0.25, 0.3) is 5.91 Å². The Bertz CT molecular complexity index is 1020. The van der Waals surface area contributed by atoms with Crippen molar-refractivity contribution in [2.45, 2.75) is 44.9 Å². The Morgan fingerprint density at radius 2 is 1.93 bits per heavy atom. The molecule has 4 rings (SSSR count). The highest BCUT2D eigenvalue weighted by Gasteiger charge is 2.26. The summed E-state index contributed by atoms with van der Waals surface area (Å²) in [5, 5.41) is 3.99. The molecule has 0 saturated heterocycles. The summed E-state index contributed by atoms with van der Waals surface area (Å²) in [7, 11) is 0. The fraction of sp³-hybridized carbons (Fsp3) is 0.304. The van der Waals surface area contributed by atoms with Gasteiger partial charge in [-0.05, 0) is 43.0 Å². The molecule has 0 unspecified atom stereocenters. The lowest BCUT2D eigenvalue weighted by Crippen LogP contribution is -2.27. The standard InChI is InChI=1S/C23H23Cl2N3O2/c1-15(17-5-3-2-4-6-17)28(12-16-7-10-19(24)20(25)11-16)13-22-27-21(14-30-22)23(29)26-18-8-9-18/h2-7,10-11,14-15,18H,8-9,12-13H2,1H3,(H,26,29)/t15-/m1/s1. The summed E-state index contributed by atoms with van der Waals surface area (Å²) in [4.78, 5) is 18.9. The number of hydrogen-bond acceptors (Lipinski definition) is 4. The molecular formula is C23H23Cl2N3O2. The van der Waals surface area contributed by atoms with Crippen LogP contribution >= 0.6 is 23.2 Å². The molecule has 1 N–H and O–H groups in total. The molecule has 1 aromatic heterocycles. The third-order valence-electron chi connectivity index (χ3n) is 5.23. The van der Waals surface area contributed by atoms with Gasteiger partial charge in [0.1, 0.15) is 6.26 Å². The van der Waals surface area contributed by atoms with Crippen molar-refractivity contribution in [3.05, 3.63) is 87.6 Å². The van der Waals surface area contributed by atoms with Crippen molar-refractivity contribution < 1.29 is 9.21 Å². The van der Waals surface area contributed by atoms with Crippen molar-refractivity contribution in [3.8, 4) is 0 Å². The smallest absolute Gasteiger partial charge is 0.273 e. The van der Waals surface area contributed by atoms with Gasteiger partial charge in [-0.3, -0.25) is 9.69 Å². The predicted octanol–water partition coefficient (Wildman–Crippen LogP) is 5.64. The van der Waals surface area contributed by atoms with Gasteiger partial charge in [0.05, 0.1) is 16.6 Å². The summed E-state index contributed by atoms with van der Waals surface area (Å²) in [6.45, 7) is 3.21. The fourth-order valence-electron chi connectivity index (χ4n) is 3.29. The highest BCUT2D eigenvalue weighted by atomic mass is 35.5. The largest absolute Gasteiger partial charge is 0.447 e. The Hall–Kier alpha value is -2.34. The summed E-state index contributed by atoms with van der Waals surface area (Å²) in [6.07, 6.45) is 3.49. The zero-order valence-electron chi connectivity index (χ0n) is 16.6. The lowest BCUT2D eigenvalue weighted by Gasteiger charge is -2.28. The molecule has 7 heteroatoms. The van der Waals surface area contributed by atoms with Crippen LogP contribution in [0.3, 0.4) is 0 Å². The van der Waals surface area contributed by atoms with Crippen molar-refractivity contribution in [1.29, 1.82) is 0 Å². The summed E-state index contributed by atoms with van der Waals surface area (Å²) in [5.41, 5.74) is 2.53. The number of hydrogen-bond donors (Lipinski definition) is 1. The third-order valence-corrected chi connectivity index (χ3v) is 5.97. The van der Waals surface area contributed by atoms with Gasteiger partial charge in [0.15, 0.2) is 5.69 Å². The number of rotatable bonds is 8. The molecule has 1 amide bonds. The van der Waals surface area contributed by atoms with E-state index in [9.17, 15) is 4.79 Å². The van der Waals surface area contributed by atoms with Crippen LogP contribution in [0.15, 0.2) is 59.2 Å². The van der Waals surface area contributed by atoms with Crippen LogP contribution in [0.1, 0.15) is 53.3 Å². The molecule has 0 spiro atoms. The van der Waals surface area contributed by atoms with Crippen LogP contribution in [-0.4, -0.2) is 21.8 Å². The third kappa shape index (κ3) is 5.22. The number of amides is 1. The van der Waals surface area contributed by atoms with Gasteiger partial charge in [-0.15, -0.1) is 0 Å². The number of nitrogens with zero attached hydrogens (tertiary/aromatic N) is 2. The molecule has 1 aliphatic carbocycles. The Balaban J connectivity index is 1.54. The average Bonchev–Trinajstić information content (AvgIpc) is 3.44. The van der Waals surface area contributed by atoms with E-state index in [-0.39, 0.29) is 18.0 Å². The van der Waals surface area contributed by atoms with E-state index < -0.39 is 0 Å². The SMILES string of the molecule is C[C@H](c1ccccc1)N(Cc1ccc(Cl)c(Cl)c1)Cc1nc(C(=O)NC2CC2)co1. The van der Waals surface area contributed by atoms with Crippen LogP contribution in [0.2, 0.25) is 10.0 Å². The molecule has 0 aliphatic heterocycles. The second-order valence-electron chi connectivity index (χ2n) is 7.61. The van der Waals surface area contributed by atoms with E-state index in [0.717, 1.165) is 18.4 Å². The minimum absolute atomic E-state index is 0.0938. The highest BCUT2D eigenvalue weighted by Crippen LogP contribution is 2.28. The Kier molecular flexibility index (Phi) is 6.42. The molecule has 5 nitrogen and oxygen atoms in total. The van der Waals surface area contributed by atoms with E-state index in [1.807, 2.05) is 30.3 Å². The molecular weight excluding hydrogens is 421 g/mol. The first-order valence-electron chi connectivity index (χ1n) is 9.98. The minimum atomic E-state index is -0.181. The van der Waals surface area contributed by atoms with Crippen molar-refractivity contribution in [2.24, 2.45) is 0 Å². The van der Waals surface area contributed by atoms with E-state index in [2.05, 4.69) is 34.3 Å². The highest BCUT2D eigenvalue weighted by molar-refractivity contribution is 6.42. The fourth-order valence-corrected chi connectivity index (χ4v) is 3.61. The van der Waals surface area contributed by atoms with Gasteiger partial charge in [-0.1, -0.05) is 59.6 Å². The Morgan fingerprint density at radius 1 is 1.17 bits per heavy atom. The first kappa shape index (κ1) is 20.9. The molecule has 30 heavy (non-hydrogen) atoms. The Morgan fingerprint density at radius 3 is 2.63 bits per heavy atom. The molecule has 156 valence electrons. The van der Waals surface area contributed by atoms with Crippen LogP contribution in [0.4, 0.5) is 0 Å². The van der Waals surface area contributed by atoms with Crippen LogP contribution in [0.25, 0.3) is 0 Å². The number of nitrogens with one attached hydrogen (secondary N) is 1. The van der Waals surface area contributed by atoms with Crippen molar-refractivity contribution >= 4 is 29.1 Å². The number of aromatic nitrogens is 1. The van der Waals surface area contributed by atoms with E-state index in [1.54, 1.807) is 6.07 Å². The normalized spacial score (nSPS) is 14.7. The van der Waals surface area contributed by atoms with E-state index in [0.29, 0.717) is 34.7 Å². The molecule has 1 atom stereocenters. The van der Waals surface area contributed by atoms with Crippen molar-refractivity contribution in [3.63, 3.8) is 0 Å². The molecule has 1 aliphatic rings. The number of halogens is 2. The van der Waals surface area contributed by atoms with Gasteiger partial charge in [0.2, 0.25) is 5.89 Å². The average molecular weight is 444 g/mol. The lowest BCUT2D eigenvalue weighted by atomic mass is 10.1. The maximum absolute atomic E-state index is 12.2. The van der Waals surface area contributed by atoms with Gasteiger partial charge < -0.3 is 9.73 Å². The van der Waals surface area contributed by atoms with Crippen LogP contribution < -0.4 is 5.32 Å². The summed E-state index contributed by atoms with van der Waals surface area (Å²) < 4.78 is 5.62. The van der Waals surface area contributed by atoms with E-state index in [1.165, 1.54) is 11.8 Å². The predicted molar refractivity (Wildman–Crippen MR) is 118 cm³/mol. The molecule has 1 heterocycles. The number of oxazole rings is 1. The molecule has 1 saturated carbocycles. The van der Waals surface area contributed by atoms with Crippen molar-refractivity contribution in [1.82, 2.24) is 15.2 Å². The van der Waals surface area contributed by atoms with E-state index >= 15 is 0 Å². The van der Waals surface area contributed by atoms with Gasteiger partial charge in [-0.25, -0.2) is 4.98 Å². The maximum atomic E-state index is 12.2. The zero-order chi connectivity index (χ0) is 21.1. The van der Waals surface area contributed by atoms with Crippen LogP contribution in [0, 0.1) is 0 Å². The van der Waals surface area contributed by atoms with Crippen LogP contribution in [-0.2, 0) is 13.1 Å². The van der Waals surface area contributed by atoms with Crippen molar-refractivity contribution in [2.75, 3.05) is 0 Å². The summed E-state index contributed by atoms with van der Waals surface area (Å²) in [5.74, 6) is 0.318. The molecule has 0 radical (unpaired) electrons. The minimum Gasteiger partial charge on any atom is -0.447 e. The number of carbonyl (C=O) groups is 1. The summed E-state index contributed by atoms with van der Waals surface area (Å²) in [6, 6.07) is 16.2. The lowest BCUT2D eigenvalue weighted by molar-refractivity contribution is 0.0946. The van der Waals surface area contributed by atoms with Crippen LogP contribution in [0.5, 0.6) is 0 Å². The second kappa shape index (κ2) is 9.21. The first-order valence-corrected chi connectivity index (χ1v) is 10.7. The van der Waals surface area contributed by atoms with Gasteiger partial charge in [0, 0.05) is 18.6 Å². The van der Waals surface area contributed by atoms with E-state index in [4.69, 9.17) is 27.6 Å². The summed E-state index contributed by atoms with van der Waals surface area (Å²) >= 11 is 12.3. The molecule has 2 aromatic carbocycles. The Labute approximate surface area is 186 Å². The second-order valence-corrected chi connectivity index (χ2v) is 8.43. The zero-order valence-corrected chi connectivity index (χ0v) is 18.2. The maximum Gasteiger partial charge on any atom is 0.273 e. The topological polar surface area (TPSA) is 58.4 Å².